The van der Waals surface area contributed by atoms with Crippen molar-refractivity contribution in [3.63, 3.8) is 0 Å². The summed E-state index contributed by atoms with van der Waals surface area (Å²) in [5, 5.41) is 18.8. The van der Waals surface area contributed by atoms with Crippen molar-refractivity contribution in [2.24, 2.45) is 0 Å². The SMILES string of the molecule is CC(C)(O)CNc1cn[nH]c1. The van der Waals surface area contributed by atoms with Crippen LogP contribution in [-0.4, -0.2) is 27.4 Å². The van der Waals surface area contributed by atoms with Gasteiger partial charge < -0.3 is 10.4 Å². The van der Waals surface area contributed by atoms with Gasteiger partial charge in [0, 0.05) is 12.7 Å². The van der Waals surface area contributed by atoms with E-state index in [-0.39, 0.29) is 0 Å². The minimum atomic E-state index is -0.683. The highest BCUT2D eigenvalue weighted by atomic mass is 16.3. The van der Waals surface area contributed by atoms with Crippen LogP contribution in [0.5, 0.6) is 0 Å². The first-order valence-corrected chi connectivity index (χ1v) is 3.53. The molecule has 0 aliphatic carbocycles. The maximum atomic E-state index is 9.32. The number of hydrogen-bond donors (Lipinski definition) is 3. The van der Waals surface area contributed by atoms with Gasteiger partial charge in [-0.2, -0.15) is 5.10 Å². The largest absolute Gasteiger partial charge is 0.389 e. The number of aromatic nitrogens is 2. The lowest BCUT2D eigenvalue weighted by Crippen LogP contribution is -2.29. The quantitative estimate of drug-likeness (QED) is 0.598. The van der Waals surface area contributed by atoms with Gasteiger partial charge in [-0.25, -0.2) is 0 Å². The van der Waals surface area contributed by atoms with Crippen LogP contribution in [0.25, 0.3) is 0 Å². The Hall–Kier alpha value is -1.03. The monoisotopic (exact) mass is 155 g/mol. The van der Waals surface area contributed by atoms with E-state index < -0.39 is 5.60 Å². The van der Waals surface area contributed by atoms with Gasteiger partial charge >= 0.3 is 0 Å². The second kappa shape index (κ2) is 2.92. The fraction of sp³-hybridized carbons (Fsp3) is 0.571. The van der Waals surface area contributed by atoms with Gasteiger partial charge in [-0.15, -0.1) is 0 Å². The molecule has 0 aromatic carbocycles. The molecular formula is C7H13N3O. The number of aliphatic hydroxyl groups is 1. The van der Waals surface area contributed by atoms with Gasteiger partial charge in [0.1, 0.15) is 0 Å². The molecule has 0 aliphatic rings. The average molecular weight is 155 g/mol. The molecule has 0 bridgehead atoms. The van der Waals surface area contributed by atoms with Crippen LogP contribution in [0, 0.1) is 0 Å². The number of nitrogens with one attached hydrogen (secondary N) is 2. The van der Waals surface area contributed by atoms with Crippen LogP contribution in [0.4, 0.5) is 5.69 Å². The van der Waals surface area contributed by atoms with E-state index in [1.165, 1.54) is 0 Å². The molecule has 0 radical (unpaired) electrons. The van der Waals surface area contributed by atoms with Crippen LogP contribution in [0.15, 0.2) is 12.4 Å². The van der Waals surface area contributed by atoms with Crippen molar-refractivity contribution in [3.05, 3.63) is 12.4 Å². The summed E-state index contributed by atoms with van der Waals surface area (Å²) >= 11 is 0. The fourth-order valence-electron chi connectivity index (χ4n) is 0.666. The third-order valence-corrected chi connectivity index (χ3v) is 1.22. The Morgan fingerprint density at radius 1 is 1.73 bits per heavy atom. The molecule has 0 saturated heterocycles. The van der Waals surface area contributed by atoms with Crippen LogP contribution in [0.2, 0.25) is 0 Å². The summed E-state index contributed by atoms with van der Waals surface area (Å²) in [5.41, 5.74) is 0.212. The molecule has 0 amide bonds. The maximum absolute atomic E-state index is 9.32. The van der Waals surface area contributed by atoms with Crippen molar-refractivity contribution in [2.45, 2.75) is 19.4 Å². The Balaban J connectivity index is 2.35. The minimum Gasteiger partial charge on any atom is -0.389 e. The van der Waals surface area contributed by atoms with Gasteiger partial charge in [0.25, 0.3) is 0 Å². The first-order chi connectivity index (χ1) is 5.08. The van der Waals surface area contributed by atoms with Crippen LogP contribution >= 0.6 is 0 Å². The molecule has 0 fully saturated rings. The summed E-state index contributed by atoms with van der Waals surface area (Å²) in [7, 11) is 0. The van der Waals surface area contributed by atoms with E-state index in [1.54, 1.807) is 26.2 Å². The van der Waals surface area contributed by atoms with Gasteiger partial charge in [0.15, 0.2) is 0 Å². The molecular weight excluding hydrogens is 142 g/mol. The Bertz CT molecular complexity index is 200. The summed E-state index contributed by atoms with van der Waals surface area (Å²) < 4.78 is 0. The molecule has 11 heavy (non-hydrogen) atoms. The lowest BCUT2D eigenvalue weighted by atomic mass is 10.1. The topological polar surface area (TPSA) is 60.9 Å². The predicted octanol–water partition coefficient (Wildman–Crippen LogP) is 0.592. The normalized spacial score (nSPS) is 11.5. The van der Waals surface area contributed by atoms with Crippen LogP contribution in [0.1, 0.15) is 13.8 Å². The number of hydrogen-bond acceptors (Lipinski definition) is 3. The van der Waals surface area contributed by atoms with E-state index in [0.717, 1.165) is 5.69 Å². The lowest BCUT2D eigenvalue weighted by molar-refractivity contribution is 0.0945. The van der Waals surface area contributed by atoms with Gasteiger partial charge in [-0.1, -0.05) is 0 Å². The number of rotatable bonds is 3. The molecule has 3 N–H and O–H groups in total. The van der Waals surface area contributed by atoms with Gasteiger partial charge in [0.2, 0.25) is 0 Å². The van der Waals surface area contributed by atoms with E-state index in [9.17, 15) is 5.11 Å². The Labute approximate surface area is 65.6 Å². The van der Waals surface area contributed by atoms with Crippen molar-refractivity contribution in [2.75, 3.05) is 11.9 Å². The van der Waals surface area contributed by atoms with E-state index in [4.69, 9.17) is 0 Å². The second-order valence-corrected chi connectivity index (χ2v) is 3.15. The lowest BCUT2D eigenvalue weighted by Gasteiger charge is -2.17. The van der Waals surface area contributed by atoms with Crippen LogP contribution in [0.3, 0.4) is 0 Å². The number of H-pyrrole nitrogens is 1. The highest BCUT2D eigenvalue weighted by Gasteiger charge is 2.11. The molecule has 1 aromatic heterocycles. The highest BCUT2D eigenvalue weighted by molar-refractivity contribution is 5.37. The standard InChI is InChI=1S/C7H13N3O/c1-7(2,11)5-8-6-3-9-10-4-6/h3-4,8,11H,5H2,1-2H3,(H,9,10). The molecule has 62 valence electrons. The first-order valence-electron chi connectivity index (χ1n) is 3.53. The van der Waals surface area contributed by atoms with Crippen molar-refractivity contribution >= 4 is 5.69 Å². The van der Waals surface area contributed by atoms with Gasteiger partial charge in [-0.05, 0) is 13.8 Å². The highest BCUT2D eigenvalue weighted by Crippen LogP contribution is 2.05. The van der Waals surface area contributed by atoms with E-state index in [0.29, 0.717) is 6.54 Å². The first kappa shape index (κ1) is 8.07. The molecule has 0 saturated carbocycles. The molecule has 0 atom stereocenters. The second-order valence-electron chi connectivity index (χ2n) is 3.15. The predicted molar refractivity (Wildman–Crippen MR) is 43.4 cm³/mol. The molecule has 4 heteroatoms. The summed E-state index contributed by atoms with van der Waals surface area (Å²) in [5.74, 6) is 0. The summed E-state index contributed by atoms with van der Waals surface area (Å²) in [6.45, 7) is 4.02. The van der Waals surface area contributed by atoms with Crippen LogP contribution in [-0.2, 0) is 0 Å². The van der Waals surface area contributed by atoms with Crippen molar-refractivity contribution in [1.82, 2.24) is 10.2 Å². The van der Waals surface area contributed by atoms with Gasteiger partial charge in [0.05, 0.1) is 17.5 Å². The number of nitrogens with zero attached hydrogens (tertiary/aromatic N) is 1. The minimum absolute atomic E-state index is 0.520. The number of anilines is 1. The molecule has 1 rings (SSSR count). The Morgan fingerprint density at radius 2 is 2.45 bits per heavy atom. The average Bonchev–Trinajstić information content (AvgIpc) is 2.32. The third-order valence-electron chi connectivity index (χ3n) is 1.22. The maximum Gasteiger partial charge on any atom is 0.0763 e. The zero-order valence-electron chi connectivity index (χ0n) is 6.76. The fourth-order valence-corrected chi connectivity index (χ4v) is 0.666. The molecule has 1 aromatic rings. The zero-order chi connectivity index (χ0) is 8.32. The third kappa shape index (κ3) is 3.04. The van der Waals surface area contributed by atoms with E-state index >= 15 is 0 Å². The van der Waals surface area contributed by atoms with Crippen molar-refractivity contribution < 1.29 is 5.11 Å². The molecule has 4 nitrogen and oxygen atoms in total. The smallest absolute Gasteiger partial charge is 0.0763 e. The summed E-state index contributed by atoms with van der Waals surface area (Å²) in [4.78, 5) is 0. The molecule has 1 heterocycles. The zero-order valence-corrected chi connectivity index (χ0v) is 6.76. The Kier molecular flexibility index (Phi) is 2.14. The molecule has 0 aliphatic heterocycles. The molecule has 0 unspecified atom stereocenters. The van der Waals surface area contributed by atoms with Crippen molar-refractivity contribution in [3.8, 4) is 0 Å². The number of aromatic amines is 1. The van der Waals surface area contributed by atoms with E-state index in [2.05, 4.69) is 15.5 Å². The Morgan fingerprint density at radius 3 is 2.91 bits per heavy atom. The van der Waals surface area contributed by atoms with Crippen LogP contribution < -0.4 is 5.32 Å². The van der Waals surface area contributed by atoms with Crippen molar-refractivity contribution in [1.29, 1.82) is 0 Å². The van der Waals surface area contributed by atoms with E-state index in [1.807, 2.05) is 0 Å². The van der Waals surface area contributed by atoms with Gasteiger partial charge in [-0.3, -0.25) is 5.10 Å². The summed E-state index contributed by atoms with van der Waals surface area (Å²) in [6, 6.07) is 0. The molecule has 0 spiro atoms. The summed E-state index contributed by atoms with van der Waals surface area (Å²) in [6.07, 6.45) is 3.41.